The molecule has 0 bridgehead atoms. The molecule has 1 aliphatic heterocycles. The molecule has 0 saturated carbocycles. The largest absolute Gasteiger partial charge is 0.573 e. The predicted molar refractivity (Wildman–Crippen MR) is 124 cm³/mol. The number of ether oxygens (including phenoxy) is 1. The van der Waals surface area contributed by atoms with Gasteiger partial charge in [-0.2, -0.15) is 4.98 Å². The topological polar surface area (TPSA) is 68.8 Å². The summed E-state index contributed by atoms with van der Waals surface area (Å²) in [5.41, 5.74) is 1.02. The lowest BCUT2D eigenvalue weighted by Crippen LogP contribution is -2.45. The van der Waals surface area contributed by atoms with Crippen LogP contribution in [0.25, 0.3) is 11.3 Å². The average Bonchev–Trinajstić information content (AvgIpc) is 2.74. The van der Waals surface area contributed by atoms with Crippen LogP contribution in [0.3, 0.4) is 0 Å². The van der Waals surface area contributed by atoms with Gasteiger partial charge in [0.25, 0.3) is 0 Å². The lowest BCUT2D eigenvalue weighted by atomic mass is 10.1. The molecule has 0 amide bonds. The van der Waals surface area contributed by atoms with E-state index in [1.807, 2.05) is 19.0 Å². The van der Waals surface area contributed by atoms with Crippen LogP contribution in [0.5, 0.6) is 5.75 Å². The van der Waals surface area contributed by atoms with Crippen molar-refractivity contribution < 1.29 is 17.9 Å². The number of hydrogen-bond donors (Lipinski definition) is 2. The second kappa shape index (κ2) is 11.5. The average molecular weight is 468 g/mol. The Morgan fingerprint density at radius 1 is 1.03 bits per heavy atom. The first-order valence-corrected chi connectivity index (χ1v) is 11.0. The zero-order valence-electron chi connectivity index (χ0n) is 19.3. The molecule has 2 N–H and O–H groups in total. The first-order chi connectivity index (χ1) is 15.7. The number of rotatable bonds is 10. The van der Waals surface area contributed by atoms with Gasteiger partial charge in [0.05, 0.1) is 5.69 Å². The van der Waals surface area contributed by atoms with Crippen LogP contribution in [0.4, 0.5) is 24.9 Å². The highest BCUT2D eigenvalue weighted by molar-refractivity contribution is 5.65. The standard InChI is InChI=1S/C22H32F3N7O/c1-30(2)9-7-27-21-28-19(17-5-4-6-18(15-17)33-22(23,24)25)16-20(29-21)26-8-10-32-13-11-31(3)12-14-32/h4-6,15-16H,7-14H2,1-3H3,(H2,26,27,28,29). The third kappa shape index (κ3) is 8.67. The highest BCUT2D eigenvalue weighted by atomic mass is 19.4. The summed E-state index contributed by atoms with van der Waals surface area (Å²) >= 11 is 0. The molecule has 1 saturated heterocycles. The molecule has 1 fully saturated rings. The molecule has 0 aliphatic carbocycles. The van der Waals surface area contributed by atoms with Crippen LogP contribution in [0, 0.1) is 0 Å². The molecule has 0 atom stereocenters. The number of benzene rings is 1. The molecular weight excluding hydrogens is 435 g/mol. The first kappa shape index (κ1) is 25.0. The summed E-state index contributed by atoms with van der Waals surface area (Å²) in [4.78, 5) is 15.8. The molecule has 8 nitrogen and oxygen atoms in total. The first-order valence-electron chi connectivity index (χ1n) is 11.0. The van der Waals surface area contributed by atoms with Crippen LogP contribution >= 0.6 is 0 Å². The molecule has 182 valence electrons. The number of nitrogens with zero attached hydrogens (tertiary/aromatic N) is 5. The molecule has 2 aromatic rings. The highest BCUT2D eigenvalue weighted by Gasteiger charge is 2.31. The van der Waals surface area contributed by atoms with Gasteiger partial charge in [0.1, 0.15) is 11.6 Å². The lowest BCUT2D eigenvalue weighted by Gasteiger charge is -2.32. The highest BCUT2D eigenvalue weighted by Crippen LogP contribution is 2.28. The summed E-state index contributed by atoms with van der Waals surface area (Å²) in [6.07, 6.45) is -4.75. The fourth-order valence-corrected chi connectivity index (χ4v) is 3.42. The van der Waals surface area contributed by atoms with Gasteiger partial charge in [0.2, 0.25) is 5.95 Å². The van der Waals surface area contributed by atoms with E-state index in [0.717, 1.165) is 39.3 Å². The van der Waals surface area contributed by atoms with Crippen LogP contribution in [0.2, 0.25) is 0 Å². The normalized spacial score (nSPS) is 15.6. The van der Waals surface area contributed by atoms with Gasteiger partial charge in [-0.15, -0.1) is 13.2 Å². The van der Waals surface area contributed by atoms with E-state index in [-0.39, 0.29) is 5.75 Å². The second-order valence-electron chi connectivity index (χ2n) is 8.34. The Balaban J connectivity index is 1.74. The van der Waals surface area contributed by atoms with Crippen LogP contribution in [0.15, 0.2) is 30.3 Å². The Hall–Kier alpha value is -2.63. The van der Waals surface area contributed by atoms with Crippen molar-refractivity contribution in [1.29, 1.82) is 0 Å². The maximum absolute atomic E-state index is 12.6. The summed E-state index contributed by atoms with van der Waals surface area (Å²) in [5, 5.41) is 6.53. The Labute approximate surface area is 192 Å². The molecule has 1 aromatic heterocycles. The van der Waals surface area contributed by atoms with Gasteiger partial charge >= 0.3 is 6.36 Å². The summed E-state index contributed by atoms with van der Waals surface area (Å²) in [5.74, 6) is 0.743. The van der Waals surface area contributed by atoms with Crippen molar-refractivity contribution in [2.75, 3.05) is 84.1 Å². The van der Waals surface area contributed by atoms with Gasteiger partial charge in [-0.05, 0) is 33.3 Å². The molecule has 0 radical (unpaired) electrons. The number of hydrogen-bond acceptors (Lipinski definition) is 8. The summed E-state index contributed by atoms with van der Waals surface area (Å²) in [7, 11) is 6.06. The minimum atomic E-state index is -4.75. The van der Waals surface area contributed by atoms with Crippen molar-refractivity contribution in [2.24, 2.45) is 0 Å². The second-order valence-corrected chi connectivity index (χ2v) is 8.34. The van der Waals surface area contributed by atoms with E-state index in [4.69, 9.17) is 0 Å². The Kier molecular flexibility index (Phi) is 8.70. The van der Waals surface area contributed by atoms with Crippen molar-refractivity contribution in [3.8, 4) is 17.0 Å². The van der Waals surface area contributed by atoms with Gasteiger partial charge in [-0.1, -0.05) is 12.1 Å². The number of alkyl halides is 3. The number of halogens is 3. The number of nitrogens with one attached hydrogen (secondary N) is 2. The van der Waals surface area contributed by atoms with E-state index >= 15 is 0 Å². The number of aromatic nitrogens is 2. The molecule has 1 aliphatic rings. The minimum absolute atomic E-state index is 0.287. The van der Waals surface area contributed by atoms with Crippen molar-refractivity contribution >= 4 is 11.8 Å². The maximum Gasteiger partial charge on any atom is 0.573 e. The zero-order valence-corrected chi connectivity index (χ0v) is 19.3. The van der Waals surface area contributed by atoms with Gasteiger partial charge in [0.15, 0.2) is 0 Å². The van der Waals surface area contributed by atoms with Gasteiger partial charge < -0.3 is 25.2 Å². The van der Waals surface area contributed by atoms with Crippen LogP contribution < -0.4 is 15.4 Å². The van der Waals surface area contributed by atoms with Crippen LogP contribution in [0.1, 0.15) is 0 Å². The summed E-state index contributed by atoms with van der Waals surface area (Å²) in [6, 6.07) is 7.55. The van der Waals surface area contributed by atoms with Crippen LogP contribution in [-0.4, -0.2) is 105 Å². The zero-order chi connectivity index (χ0) is 23.8. The molecule has 1 aromatic carbocycles. The summed E-state index contributed by atoms with van der Waals surface area (Å²) in [6.45, 7) is 7.15. The molecule has 3 rings (SSSR count). The van der Waals surface area contributed by atoms with Crippen molar-refractivity contribution in [3.05, 3.63) is 30.3 Å². The number of likely N-dealkylation sites (N-methyl/N-ethyl adjacent to an activating group) is 2. The molecule has 0 unspecified atom stereocenters. The fraction of sp³-hybridized carbons (Fsp3) is 0.545. The van der Waals surface area contributed by atoms with Gasteiger partial charge in [0, 0.05) is 64.0 Å². The Morgan fingerprint density at radius 3 is 2.48 bits per heavy atom. The molecule has 33 heavy (non-hydrogen) atoms. The number of anilines is 2. The summed E-state index contributed by atoms with van der Waals surface area (Å²) < 4.78 is 42.0. The SMILES string of the molecule is CN(C)CCNc1nc(NCCN2CCN(C)CC2)cc(-c2cccc(OC(F)(F)F)c2)n1. The van der Waals surface area contributed by atoms with Crippen molar-refractivity contribution in [3.63, 3.8) is 0 Å². The smallest absolute Gasteiger partial charge is 0.406 e. The molecule has 0 spiro atoms. The van der Waals surface area contributed by atoms with E-state index < -0.39 is 6.36 Å². The molecule has 11 heteroatoms. The van der Waals surface area contributed by atoms with E-state index in [0.29, 0.717) is 36.1 Å². The van der Waals surface area contributed by atoms with E-state index in [2.05, 4.69) is 42.2 Å². The van der Waals surface area contributed by atoms with Gasteiger partial charge in [-0.3, -0.25) is 4.90 Å². The fourth-order valence-electron chi connectivity index (χ4n) is 3.42. The Bertz CT molecular complexity index is 887. The van der Waals surface area contributed by atoms with E-state index in [1.165, 1.54) is 18.2 Å². The maximum atomic E-state index is 12.6. The predicted octanol–water partition coefficient (Wildman–Crippen LogP) is 2.68. The quantitative estimate of drug-likeness (QED) is 0.553. The third-order valence-corrected chi connectivity index (χ3v) is 5.26. The van der Waals surface area contributed by atoms with Crippen molar-refractivity contribution in [1.82, 2.24) is 24.7 Å². The van der Waals surface area contributed by atoms with Gasteiger partial charge in [-0.25, -0.2) is 4.98 Å². The monoisotopic (exact) mass is 467 g/mol. The third-order valence-electron chi connectivity index (χ3n) is 5.26. The van der Waals surface area contributed by atoms with Crippen molar-refractivity contribution in [2.45, 2.75) is 6.36 Å². The van der Waals surface area contributed by atoms with Crippen LogP contribution in [-0.2, 0) is 0 Å². The molecular formula is C22H32F3N7O. The Morgan fingerprint density at radius 2 is 1.79 bits per heavy atom. The number of piperazine rings is 1. The van der Waals surface area contributed by atoms with E-state index in [1.54, 1.807) is 12.1 Å². The molecule has 2 heterocycles. The van der Waals surface area contributed by atoms with E-state index in [9.17, 15) is 13.2 Å². The lowest BCUT2D eigenvalue weighted by molar-refractivity contribution is -0.274. The minimum Gasteiger partial charge on any atom is -0.406 e.